The zero-order valence-corrected chi connectivity index (χ0v) is 6.84. The van der Waals surface area contributed by atoms with Crippen molar-refractivity contribution in [3.05, 3.63) is 36.5 Å². The molecule has 0 saturated carbocycles. The Hall–Kier alpha value is -0.820. The molecule has 2 heteroatoms. The summed E-state index contributed by atoms with van der Waals surface area (Å²) in [6.45, 7) is 3.62. The van der Waals surface area contributed by atoms with Gasteiger partial charge in [0.1, 0.15) is 0 Å². The van der Waals surface area contributed by atoms with Crippen molar-refractivity contribution in [1.82, 2.24) is 0 Å². The molecule has 0 saturated heterocycles. The summed E-state index contributed by atoms with van der Waals surface area (Å²) in [4.78, 5) is 10.7. The van der Waals surface area contributed by atoms with E-state index in [1.54, 1.807) is 6.08 Å². The van der Waals surface area contributed by atoms with Gasteiger partial charge in [-0.2, -0.15) is 0 Å². The Kier molecular flexibility index (Phi) is 2.66. The lowest BCUT2D eigenvalue weighted by Gasteiger charge is -2.09. The van der Waals surface area contributed by atoms with Crippen molar-refractivity contribution in [2.24, 2.45) is 5.92 Å². The molecule has 0 bridgehead atoms. The maximum Gasteiger partial charge on any atom is 0.228 e. The van der Waals surface area contributed by atoms with Crippen LogP contribution >= 0.6 is 11.6 Å². The van der Waals surface area contributed by atoms with E-state index >= 15 is 0 Å². The molecular weight excluding hydrogens is 160 g/mol. The molecule has 0 aromatic rings. The first-order valence-electron chi connectivity index (χ1n) is 3.44. The van der Waals surface area contributed by atoms with Gasteiger partial charge in [0.2, 0.25) is 5.24 Å². The molecule has 1 unspecified atom stereocenters. The molecule has 1 aliphatic rings. The highest BCUT2D eigenvalue weighted by Crippen LogP contribution is 2.18. The lowest BCUT2D eigenvalue weighted by molar-refractivity contribution is -0.113. The fourth-order valence-electron chi connectivity index (χ4n) is 0.957. The quantitative estimate of drug-likeness (QED) is 0.579. The summed E-state index contributed by atoms with van der Waals surface area (Å²) in [5.74, 6) is -0.139. The van der Waals surface area contributed by atoms with Gasteiger partial charge in [0.25, 0.3) is 0 Å². The van der Waals surface area contributed by atoms with E-state index in [0.29, 0.717) is 6.42 Å². The average molecular weight is 169 g/mol. The first kappa shape index (κ1) is 8.28. The SMILES string of the molecule is C=CC1=CCC(C(=O)Cl)C=C1. The second-order valence-corrected chi connectivity index (χ2v) is 2.79. The highest BCUT2D eigenvalue weighted by Gasteiger charge is 2.13. The van der Waals surface area contributed by atoms with Gasteiger partial charge >= 0.3 is 0 Å². The molecule has 0 aromatic heterocycles. The van der Waals surface area contributed by atoms with Crippen LogP contribution in [-0.2, 0) is 4.79 Å². The van der Waals surface area contributed by atoms with E-state index in [1.165, 1.54) is 0 Å². The number of hydrogen-bond acceptors (Lipinski definition) is 1. The van der Waals surface area contributed by atoms with Crippen LogP contribution in [0.15, 0.2) is 36.5 Å². The fourth-order valence-corrected chi connectivity index (χ4v) is 1.12. The summed E-state index contributed by atoms with van der Waals surface area (Å²) in [5.41, 5.74) is 1.05. The van der Waals surface area contributed by atoms with Crippen molar-refractivity contribution in [3.63, 3.8) is 0 Å². The first-order valence-corrected chi connectivity index (χ1v) is 3.82. The molecular formula is C9H9ClO. The average Bonchev–Trinajstić information content (AvgIpc) is 2.05. The minimum Gasteiger partial charge on any atom is -0.281 e. The molecule has 0 amide bonds. The minimum atomic E-state index is -0.291. The van der Waals surface area contributed by atoms with Gasteiger partial charge in [-0.1, -0.05) is 30.9 Å². The van der Waals surface area contributed by atoms with Gasteiger partial charge in [0.15, 0.2) is 0 Å². The molecule has 0 spiro atoms. The third-order valence-corrected chi connectivity index (χ3v) is 1.94. The standard InChI is InChI=1S/C9H9ClO/c1-2-7-3-5-8(6-4-7)9(10)11/h2-5,8H,1,6H2. The zero-order chi connectivity index (χ0) is 8.27. The van der Waals surface area contributed by atoms with E-state index in [1.807, 2.05) is 18.2 Å². The van der Waals surface area contributed by atoms with Crippen LogP contribution in [0.2, 0.25) is 0 Å². The molecule has 1 rings (SSSR count). The van der Waals surface area contributed by atoms with Crippen LogP contribution in [0.25, 0.3) is 0 Å². The van der Waals surface area contributed by atoms with Crippen LogP contribution in [-0.4, -0.2) is 5.24 Å². The number of allylic oxidation sites excluding steroid dienone is 5. The summed E-state index contributed by atoms with van der Waals surface area (Å²) in [6.07, 6.45) is 8.08. The third-order valence-electron chi connectivity index (χ3n) is 1.66. The maximum absolute atomic E-state index is 10.7. The topological polar surface area (TPSA) is 17.1 Å². The molecule has 58 valence electrons. The summed E-state index contributed by atoms with van der Waals surface area (Å²) in [6, 6.07) is 0. The van der Waals surface area contributed by atoms with Crippen LogP contribution in [0.1, 0.15) is 6.42 Å². The molecule has 0 fully saturated rings. The van der Waals surface area contributed by atoms with Crippen molar-refractivity contribution >= 4 is 16.8 Å². The van der Waals surface area contributed by atoms with Crippen molar-refractivity contribution in [1.29, 1.82) is 0 Å². The first-order chi connectivity index (χ1) is 5.24. The molecule has 11 heavy (non-hydrogen) atoms. The third kappa shape index (κ3) is 2.05. The number of rotatable bonds is 2. The summed E-state index contributed by atoms with van der Waals surface area (Å²) >= 11 is 5.30. The summed E-state index contributed by atoms with van der Waals surface area (Å²) in [5, 5.41) is -0.291. The van der Waals surface area contributed by atoms with Gasteiger partial charge in [-0.25, -0.2) is 0 Å². The largest absolute Gasteiger partial charge is 0.281 e. The van der Waals surface area contributed by atoms with E-state index in [4.69, 9.17) is 11.6 Å². The molecule has 0 heterocycles. The molecule has 1 atom stereocenters. The second kappa shape index (κ2) is 3.54. The highest BCUT2D eigenvalue weighted by atomic mass is 35.5. The van der Waals surface area contributed by atoms with Gasteiger partial charge in [-0.05, 0) is 23.6 Å². The molecule has 1 nitrogen and oxygen atoms in total. The van der Waals surface area contributed by atoms with E-state index in [2.05, 4.69) is 6.58 Å². The van der Waals surface area contributed by atoms with Crippen molar-refractivity contribution in [2.75, 3.05) is 0 Å². The summed E-state index contributed by atoms with van der Waals surface area (Å²) < 4.78 is 0. The van der Waals surface area contributed by atoms with E-state index in [9.17, 15) is 4.79 Å². The van der Waals surface area contributed by atoms with Gasteiger partial charge in [0.05, 0.1) is 5.92 Å². The number of hydrogen-bond donors (Lipinski definition) is 0. The fraction of sp³-hybridized carbons (Fsp3) is 0.222. The Morgan fingerprint density at radius 2 is 2.55 bits per heavy atom. The lowest BCUT2D eigenvalue weighted by atomic mass is 9.98. The monoisotopic (exact) mass is 168 g/mol. The van der Waals surface area contributed by atoms with Crippen molar-refractivity contribution < 1.29 is 4.79 Å². The number of carbonyl (C=O) groups excluding carboxylic acids is 1. The van der Waals surface area contributed by atoms with E-state index < -0.39 is 0 Å². The molecule has 0 aliphatic heterocycles. The highest BCUT2D eigenvalue weighted by molar-refractivity contribution is 6.64. The number of halogens is 1. The Balaban J connectivity index is 2.64. The second-order valence-electron chi connectivity index (χ2n) is 2.41. The Morgan fingerprint density at radius 1 is 1.82 bits per heavy atom. The molecule has 1 aliphatic carbocycles. The van der Waals surface area contributed by atoms with E-state index in [-0.39, 0.29) is 11.2 Å². The molecule has 0 N–H and O–H groups in total. The Bertz CT molecular complexity index is 238. The van der Waals surface area contributed by atoms with Crippen molar-refractivity contribution in [2.45, 2.75) is 6.42 Å². The van der Waals surface area contributed by atoms with Crippen molar-refractivity contribution in [3.8, 4) is 0 Å². The van der Waals surface area contributed by atoms with Gasteiger partial charge in [-0.15, -0.1) is 0 Å². The summed E-state index contributed by atoms with van der Waals surface area (Å²) in [7, 11) is 0. The minimum absolute atomic E-state index is 0.139. The van der Waals surface area contributed by atoms with Gasteiger partial charge in [0, 0.05) is 0 Å². The van der Waals surface area contributed by atoms with Crippen LogP contribution in [0.5, 0.6) is 0 Å². The lowest BCUT2D eigenvalue weighted by Crippen LogP contribution is -2.06. The van der Waals surface area contributed by atoms with Gasteiger partial charge in [-0.3, -0.25) is 4.79 Å². The van der Waals surface area contributed by atoms with Crippen LogP contribution in [0.4, 0.5) is 0 Å². The van der Waals surface area contributed by atoms with Crippen LogP contribution in [0.3, 0.4) is 0 Å². The molecule has 0 aromatic carbocycles. The Morgan fingerprint density at radius 3 is 2.91 bits per heavy atom. The van der Waals surface area contributed by atoms with E-state index in [0.717, 1.165) is 5.57 Å². The van der Waals surface area contributed by atoms with Crippen LogP contribution in [0, 0.1) is 5.92 Å². The smallest absolute Gasteiger partial charge is 0.228 e. The predicted molar refractivity (Wildman–Crippen MR) is 46.4 cm³/mol. The maximum atomic E-state index is 10.7. The van der Waals surface area contributed by atoms with Crippen LogP contribution < -0.4 is 0 Å². The normalized spacial score (nSPS) is 22.6. The molecule has 0 radical (unpaired) electrons. The Labute approximate surface area is 71.0 Å². The van der Waals surface area contributed by atoms with Gasteiger partial charge < -0.3 is 0 Å². The number of carbonyl (C=O) groups is 1. The zero-order valence-electron chi connectivity index (χ0n) is 6.09. The predicted octanol–water partition coefficient (Wildman–Crippen LogP) is 2.44.